The average Bonchev–Trinajstić information content (AvgIpc) is 2.81. The highest BCUT2D eigenvalue weighted by molar-refractivity contribution is 6.30. The maximum Gasteiger partial charge on any atom is 0.253 e. The summed E-state index contributed by atoms with van der Waals surface area (Å²) in [6, 6.07) is 21.9. The zero-order chi connectivity index (χ0) is 22.5. The SMILES string of the molecule is Cc1cccc(C)c1OCc1ccc(C(=O)N2CCN(Cc3ccc(Cl)cc3)CC2)cc1. The van der Waals surface area contributed by atoms with E-state index in [2.05, 4.69) is 43.0 Å². The van der Waals surface area contributed by atoms with Crippen LogP contribution >= 0.6 is 11.6 Å². The molecule has 1 fully saturated rings. The van der Waals surface area contributed by atoms with Gasteiger partial charge in [-0.15, -0.1) is 0 Å². The average molecular weight is 449 g/mol. The zero-order valence-corrected chi connectivity index (χ0v) is 19.4. The Kier molecular flexibility index (Phi) is 7.13. The molecule has 0 N–H and O–H groups in total. The molecular formula is C27H29ClN2O2. The Hall–Kier alpha value is -2.82. The van der Waals surface area contributed by atoms with Crippen molar-refractivity contribution in [1.29, 1.82) is 0 Å². The van der Waals surface area contributed by atoms with E-state index in [4.69, 9.17) is 16.3 Å². The maximum atomic E-state index is 12.9. The van der Waals surface area contributed by atoms with Crippen LogP contribution in [0.5, 0.6) is 5.75 Å². The molecule has 5 heteroatoms. The van der Waals surface area contributed by atoms with Crippen LogP contribution in [0.1, 0.15) is 32.6 Å². The lowest BCUT2D eigenvalue weighted by Gasteiger charge is -2.34. The molecule has 0 spiro atoms. The van der Waals surface area contributed by atoms with Gasteiger partial charge in [-0.25, -0.2) is 0 Å². The van der Waals surface area contributed by atoms with Crippen molar-refractivity contribution in [3.05, 3.63) is 99.6 Å². The molecule has 0 unspecified atom stereocenters. The molecule has 166 valence electrons. The first-order valence-electron chi connectivity index (χ1n) is 11.0. The summed E-state index contributed by atoms with van der Waals surface area (Å²) >= 11 is 5.97. The van der Waals surface area contributed by atoms with Crippen LogP contribution in [0.15, 0.2) is 66.7 Å². The van der Waals surface area contributed by atoms with Crippen LogP contribution in [0.3, 0.4) is 0 Å². The second-order valence-electron chi connectivity index (χ2n) is 8.40. The van der Waals surface area contributed by atoms with Gasteiger partial charge >= 0.3 is 0 Å². The molecule has 32 heavy (non-hydrogen) atoms. The lowest BCUT2D eigenvalue weighted by atomic mass is 10.1. The van der Waals surface area contributed by atoms with Crippen LogP contribution in [-0.4, -0.2) is 41.9 Å². The fraction of sp³-hybridized carbons (Fsp3) is 0.296. The minimum Gasteiger partial charge on any atom is -0.488 e. The molecule has 1 aliphatic heterocycles. The number of ether oxygens (including phenoxy) is 1. The van der Waals surface area contributed by atoms with Crippen molar-refractivity contribution in [2.75, 3.05) is 26.2 Å². The number of nitrogens with zero attached hydrogens (tertiary/aromatic N) is 2. The van der Waals surface area contributed by atoms with Crippen molar-refractivity contribution in [3.8, 4) is 5.75 Å². The topological polar surface area (TPSA) is 32.8 Å². The second kappa shape index (κ2) is 10.2. The molecule has 0 bridgehead atoms. The lowest BCUT2D eigenvalue weighted by Crippen LogP contribution is -2.48. The number of benzene rings is 3. The van der Waals surface area contributed by atoms with Crippen molar-refractivity contribution < 1.29 is 9.53 Å². The fourth-order valence-electron chi connectivity index (χ4n) is 4.07. The Morgan fingerprint density at radius 3 is 2.06 bits per heavy atom. The first kappa shape index (κ1) is 22.4. The summed E-state index contributed by atoms with van der Waals surface area (Å²) in [6.07, 6.45) is 0. The minimum atomic E-state index is 0.0957. The zero-order valence-electron chi connectivity index (χ0n) is 18.7. The minimum absolute atomic E-state index is 0.0957. The fourth-order valence-corrected chi connectivity index (χ4v) is 4.19. The van der Waals surface area contributed by atoms with Gasteiger partial charge < -0.3 is 9.64 Å². The van der Waals surface area contributed by atoms with E-state index < -0.39 is 0 Å². The van der Waals surface area contributed by atoms with Gasteiger partial charge in [0.25, 0.3) is 5.91 Å². The van der Waals surface area contributed by atoms with E-state index >= 15 is 0 Å². The monoisotopic (exact) mass is 448 g/mol. The van der Waals surface area contributed by atoms with E-state index in [1.807, 2.05) is 47.4 Å². The molecule has 4 rings (SSSR count). The van der Waals surface area contributed by atoms with Gasteiger partial charge in [0.2, 0.25) is 0 Å². The summed E-state index contributed by atoms with van der Waals surface area (Å²) in [5, 5.41) is 0.757. The number of carbonyl (C=O) groups is 1. The summed E-state index contributed by atoms with van der Waals surface area (Å²) in [7, 11) is 0. The van der Waals surface area contributed by atoms with Crippen molar-refractivity contribution in [2.24, 2.45) is 0 Å². The van der Waals surface area contributed by atoms with Crippen LogP contribution in [-0.2, 0) is 13.2 Å². The highest BCUT2D eigenvalue weighted by Gasteiger charge is 2.22. The molecule has 0 aromatic heterocycles. The third-order valence-electron chi connectivity index (χ3n) is 5.97. The Morgan fingerprint density at radius 1 is 0.844 bits per heavy atom. The normalized spacial score (nSPS) is 14.4. The summed E-state index contributed by atoms with van der Waals surface area (Å²) in [6.45, 7) is 8.70. The van der Waals surface area contributed by atoms with Gasteiger partial charge in [-0.2, -0.15) is 0 Å². The van der Waals surface area contributed by atoms with Crippen LogP contribution in [0.2, 0.25) is 5.02 Å². The molecule has 0 aliphatic carbocycles. The number of hydrogen-bond donors (Lipinski definition) is 0. The Morgan fingerprint density at radius 2 is 1.44 bits per heavy atom. The molecule has 1 heterocycles. The number of hydrogen-bond acceptors (Lipinski definition) is 3. The van der Waals surface area contributed by atoms with Gasteiger partial charge in [-0.05, 0) is 60.4 Å². The molecule has 4 nitrogen and oxygen atoms in total. The number of para-hydroxylation sites is 1. The van der Waals surface area contributed by atoms with Gasteiger partial charge in [0, 0.05) is 43.3 Å². The molecular weight excluding hydrogens is 420 g/mol. The largest absolute Gasteiger partial charge is 0.488 e. The summed E-state index contributed by atoms with van der Waals surface area (Å²) in [5.41, 5.74) is 5.29. The van der Waals surface area contributed by atoms with Crippen molar-refractivity contribution in [3.63, 3.8) is 0 Å². The highest BCUT2D eigenvalue weighted by Crippen LogP contribution is 2.23. The number of aryl methyl sites for hydroxylation is 2. The first-order chi connectivity index (χ1) is 15.5. The Labute approximate surface area is 195 Å². The third kappa shape index (κ3) is 5.50. The van der Waals surface area contributed by atoms with E-state index in [0.717, 1.165) is 65.7 Å². The number of halogens is 1. The lowest BCUT2D eigenvalue weighted by molar-refractivity contribution is 0.0628. The molecule has 3 aromatic carbocycles. The molecule has 0 saturated carbocycles. The molecule has 1 aliphatic rings. The van der Waals surface area contributed by atoms with Gasteiger partial charge in [0.1, 0.15) is 12.4 Å². The molecule has 3 aromatic rings. The second-order valence-corrected chi connectivity index (χ2v) is 8.84. The van der Waals surface area contributed by atoms with E-state index in [1.54, 1.807) is 0 Å². The Bertz CT molecular complexity index is 1040. The van der Waals surface area contributed by atoms with Crippen LogP contribution in [0, 0.1) is 13.8 Å². The summed E-state index contributed by atoms with van der Waals surface area (Å²) < 4.78 is 6.03. The van der Waals surface area contributed by atoms with Crippen molar-refractivity contribution in [1.82, 2.24) is 9.80 Å². The molecule has 0 radical (unpaired) electrons. The van der Waals surface area contributed by atoms with Crippen LogP contribution < -0.4 is 4.74 Å². The quantitative estimate of drug-likeness (QED) is 0.499. The van der Waals surface area contributed by atoms with E-state index in [1.165, 1.54) is 5.56 Å². The standard InChI is InChI=1S/C27H29ClN2O2/c1-20-4-3-5-21(2)26(20)32-19-23-6-10-24(11-7-23)27(31)30-16-14-29(15-17-30)18-22-8-12-25(28)13-9-22/h3-13H,14-19H2,1-2H3. The van der Waals surface area contributed by atoms with Gasteiger partial charge in [-0.3, -0.25) is 9.69 Å². The van der Waals surface area contributed by atoms with E-state index in [-0.39, 0.29) is 5.91 Å². The maximum absolute atomic E-state index is 12.9. The predicted octanol–water partition coefficient (Wildman–Crippen LogP) is 5.49. The van der Waals surface area contributed by atoms with Crippen molar-refractivity contribution >= 4 is 17.5 Å². The van der Waals surface area contributed by atoms with E-state index in [9.17, 15) is 4.79 Å². The molecule has 1 saturated heterocycles. The summed E-state index contributed by atoms with van der Waals surface area (Å²) in [5.74, 6) is 1.03. The molecule has 0 atom stereocenters. The van der Waals surface area contributed by atoms with Gasteiger partial charge in [-0.1, -0.05) is 54.1 Å². The Balaban J connectivity index is 1.29. The van der Waals surface area contributed by atoms with Gasteiger partial charge in [0.05, 0.1) is 0 Å². The van der Waals surface area contributed by atoms with Gasteiger partial charge in [0.15, 0.2) is 0 Å². The first-order valence-corrected chi connectivity index (χ1v) is 11.4. The third-order valence-corrected chi connectivity index (χ3v) is 6.22. The van der Waals surface area contributed by atoms with Crippen molar-refractivity contribution in [2.45, 2.75) is 27.0 Å². The highest BCUT2D eigenvalue weighted by atomic mass is 35.5. The predicted molar refractivity (Wildman–Crippen MR) is 129 cm³/mol. The smallest absolute Gasteiger partial charge is 0.253 e. The van der Waals surface area contributed by atoms with Crippen LogP contribution in [0.4, 0.5) is 0 Å². The number of piperazine rings is 1. The molecule has 1 amide bonds. The summed E-state index contributed by atoms with van der Waals surface area (Å²) in [4.78, 5) is 17.3. The number of amides is 1. The number of carbonyl (C=O) groups excluding carboxylic acids is 1. The number of rotatable bonds is 6. The van der Waals surface area contributed by atoms with E-state index in [0.29, 0.717) is 6.61 Å². The van der Waals surface area contributed by atoms with Crippen LogP contribution in [0.25, 0.3) is 0 Å².